The summed E-state index contributed by atoms with van der Waals surface area (Å²) in [6, 6.07) is 1.07. The summed E-state index contributed by atoms with van der Waals surface area (Å²) in [6.45, 7) is 0. The Morgan fingerprint density at radius 1 is 1.73 bits per heavy atom. The fraction of sp³-hybridized carbons (Fsp3) is 0.200. The quantitative estimate of drug-likeness (QED) is 0.647. The molecule has 0 aliphatic rings. The van der Waals surface area contributed by atoms with Gasteiger partial charge in [0.25, 0.3) is 6.43 Å². The maximum Gasteiger partial charge on any atom is 0.282 e. The third-order valence-corrected chi connectivity index (χ3v) is 1.04. The molecule has 0 spiro atoms. The number of aromatic amines is 1. The van der Waals surface area contributed by atoms with E-state index in [1.165, 1.54) is 0 Å². The summed E-state index contributed by atoms with van der Waals surface area (Å²) in [5.41, 5.74) is -0.380. The molecule has 0 unspecified atom stereocenters. The van der Waals surface area contributed by atoms with E-state index in [1.807, 2.05) is 0 Å². The monoisotopic (exact) mass is 161 g/mol. The molecule has 1 aromatic heterocycles. The van der Waals surface area contributed by atoms with Crippen molar-refractivity contribution in [1.29, 1.82) is 0 Å². The largest absolute Gasteiger partial charge is 0.314 e. The van der Waals surface area contributed by atoms with Crippen molar-refractivity contribution in [2.45, 2.75) is 6.43 Å². The summed E-state index contributed by atoms with van der Waals surface area (Å²) in [5.74, 6) is 0.162. The number of aromatic nitrogens is 2. The van der Waals surface area contributed by atoms with Gasteiger partial charge in [0, 0.05) is 6.07 Å². The summed E-state index contributed by atoms with van der Waals surface area (Å²) in [7, 11) is 0. The van der Waals surface area contributed by atoms with E-state index in [-0.39, 0.29) is 11.5 Å². The topological polar surface area (TPSA) is 57.8 Å². The summed E-state index contributed by atoms with van der Waals surface area (Å²) >= 11 is 0. The van der Waals surface area contributed by atoms with Crippen LogP contribution in [-0.4, -0.2) is 16.6 Å². The second-order valence-electron chi connectivity index (χ2n) is 1.77. The average molecular weight is 161 g/mol. The number of hydrogen-bond acceptors (Lipinski definition) is 2. The van der Waals surface area contributed by atoms with Crippen LogP contribution in [0.5, 0.6) is 0 Å². The first-order valence-electron chi connectivity index (χ1n) is 2.77. The van der Waals surface area contributed by atoms with Gasteiger partial charge in [-0.05, 0) is 0 Å². The zero-order valence-corrected chi connectivity index (χ0v) is 5.34. The lowest BCUT2D eigenvalue weighted by Crippen LogP contribution is -1.92. The standard InChI is InChI=1S/C5H5F2N3O/c6-5(7)3-1-4(8-2-11)10-9-3/h1-2,5H,(H2,8,9,10,11). The number of hydrogen-bond donors (Lipinski definition) is 2. The molecule has 0 bridgehead atoms. The summed E-state index contributed by atoms with van der Waals surface area (Å²) in [6.07, 6.45) is -2.24. The maximum absolute atomic E-state index is 11.8. The van der Waals surface area contributed by atoms with Crippen LogP contribution in [0.25, 0.3) is 0 Å². The van der Waals surface area contributed by atoms with Gasteiger partial charge in [0.1, 0.15) is 11.5 Å². The van der Waals surface area contributed by atoms with Gasteiger partial charge in [-0.25, -0.2) is 8.78 Å². The molecule has 1 rings (SSSR count). The molecule has 0 aliphatic carbocycles. The normalized spacial score (nSPS) is 10.1. The van der Waals surface area contributed by atoms with Crippen LogP contribution >= 0.6 is 0 Å². The number of carbonyl (C=O) groups is 1. The minimum Gasteiger partial charge on any atom is -0.314 e. The van der Waals surface area contributed by atoms with E-state index in [2.05, 4.69) is 15.5 Å². The Kier molecular flexibility index (Phi) is 2.15. The number of anilines is 1. The summed E-state index contributed by atoms with van der Waals surface area (Å²) < 4.78 is 23.6. The molecule has 11 heavy (non-hydrogen) atoms. The molecule has 60 valence electrons. The van der Waals surface area contributed by atoms with Gasteiger partial charge in [0.2, 0.25) is 6.41 Å². The number of nitrogens with one attached hydrogen (secondary N) is 2. The van der Waals surface area contributed by atoms with E-state index in [1.54, 1.807) is 0 Å². The molecule has 1 amide bonds. The van der Waals surface area contributed by atoms with Gasteiger partial charge in [-0.3, -0.25) is 9.89 Å². The Balaban J connectivity index is 2.73. The highest BCUT2D eigenvalue weighted by Gasteiger charge is 2.10. The van der Waals surface area contributed by atoms with E-state index < -0.39 is 6.43 Å². The van der Waals surface area contributed by atoms with Gasteiger partial charge in [0.05, 0.1) is 0 Å². The summed E-state index contributed by atoms with van der Waals surface area (Å²) in [4.78, 5) is 9.81. The van der Waals surface area contributed by atoms with E-state index in [9.17, 15) is 13.6 Å². The number of carbonyl (C=O) groups excluding carboxylic acids is 1. The SMILES string of the molecule is O=CNc1cc(C(F)F)n[nH]1. The smallest absolute Gasteiger partial charge is 0.282 e. The number of amides is 1. The Labute approximate surface area is 60.6 Å². The van der Waals surface area contributed by atoms with E-state index in [4.69, 9.17) is 0 Å². The number of H-pyrrole nitrogens is 1. The molecule has 0 saturated carbocycles. The Morgan fingerprint density at radius 3 is 2.91 bits per heavy atom. The first-order valence-corrected chi connectivity index (χ1v) is 2.77. The van der Waals surface area contributed by atoms with Gasteiger partial charge in [-0.1, -0.05) is 0 Å². The van der Waals surface area contributed by atoms with E-state index in [0.29, 0.717) is 6.41 Å². The van der Waals surface area contributed by atoms with Crippen LogP contribution in [0, 0.1) is 0 Å². The molecular weight excluding hydrogens is 156 g/mol. The lowest BCUT2D eigenvalue weighted by atomic mass is 10.4. The summed E-state index contributed by atoms with van der Waals surface area (Å²) in [5, 5.41) is 7.60. The average Bonchev–Trinajstić information content (AvgIpc) is 2.37. The third-order valence-electron chi connectivity index (χ3n) is 1.04. The van der Waals surface area contributed by atoms with Gasteiger partial charge in [-0.2, -0.15) is 5.10 Å². The van der Waals surface area contributed by atoms with Crippen molar-refractivity contribution < 1.29 is 13.6 Å². The van der Waals surface area contributed by atoms with E-state index >= 15 is 0 Å². The highest BCUT2D eigenvalue weighted by atomic mass is 19.3. The van der Waals surface area contributed by atoms with Crippen molar-refractivity contribution in [2.24, 2.45) is 0 Å². The van der Waals surface area contributed by atoms with Crippen LogP contribution < -0.4 is 5.32 Å². The highest BCUT2D eigenvalue weighted by Crippen LogP contribution is 2.17. The fourth-order valence-corrected chi connectivity index (χ4v) is 0.586. The van der Waals surface area contributed by atoms with Crippen LogP contribution in [0.1, 0.15) is 12.1 Å². The molecular formula is C5H5F2N3O. The number of alkyl halides is 2. The van der Waals surface area contributed by atoms with Crippen molar-refractivity contribution >= 4 is 12.2 Å². The Bertz CT molecular complexity index is 248. The first kappa shape index (κ1) is 7.64. The van der Waals surface area contributed by atoms with Crippen LogP contribution in [0.3, 0.4) is 0 Å². The number of rotatable bonds is 3. The van der Waals surface area contributed by atoms with Gasteiger partial charge in [0.15, 0.2) is 0 Å². The van der Waals surface area contributed by atoms with E-state index in [0.717, 1.165) is 6.07 Å². The highest BCUT2D eigenvalue weighted by molar-refractivity contribution is 5.68. The molecule has 4 nitrogen and oxygen atoms in total. The maximum atomic E-state index is 11.8. The lowest BCUT2D eigenvalue weighted by Gasteiger charge is -1.87. The van der Waals surface area contributed by atoms with Gasteiger partial charge in [-0.15, -0.1) is 0 Å². The first-order chi connectivity index (χ1) is 5.24. The molecule has 1 aromatic rings. The zero-order valence-electron chi connectivity index (χ0n) is 5.34. The molecule has 0 aromatic carbocycles. The van der Waals surface area contributed by atoms with Crippen LogP contribution in [0.2, 0.25) is 0 Å². The minimum absolute atomic E-state index is 0.162. The Hall–Kier alpha value is -1.46. The zero-order chi connectivity index (χ0) is 8.27. The van der Waals surface area contributed by atoms with Gasteiger partial charge < -0.3 is 5.32 Å². The molecule has 0 saturated heterocycles. The number of nitrogens with zero attached hydrogens (tertiary/aromatic N) is 1. The van der Waals surface area contributed by atoms with Crippen LogP contribution in [0.4, 0.5) is 14.6 Å². The van der Waals surface area contributed by atoms with Crippen LogP contribution in [0.15, 0.2) is 6.07 Å². The molecule has 1 heterocycles. The molecule has 0 atom stereocenters. The van der Waals surface area contributed by atoms with Crippen molar-refractivity contribution in [1.82, 2.24) is 10.2 Å². The molecule has 0 radical (unpaired) electrons. The van der Waals surface area contributed by atoms with Crippen molar-refractivity contribution in [3.05, 3.63) is 11.8 Å². The van der Waals surface area contributed by atoms with Crippen molar-refractivity contribution in [2.75, 3.05) is 5.32 Å². The van der Waals surface area contributed by atoms with Gasteiger partial charge >= 0.3 is 0 Å². The third kappa shape index (κ3) is 1.73. The second-order valence-corrected chi connectivity index (χ2v) is 1.77. The molecule has 0 aliphatic heterocycles. The predicted molar refractivity (Wildman–Crippen MR) is 33.2 cm³/mol. The van der Waals surface area contributed by atoms with Crippen molar-refractivity contribution in [3.8, 4) is 0 Å². The molecule has 6 heteroatoms. The molecule has 2 N–H and O–H groups in total. The number of halogens is 2. The Morgan fingerprint density at radius 2 is 2.45 bits per heavy atom. The predicted octanol–water partition coefficient (Wildman–Crippen LogP) is 0.916. The second kappa shape index (κ2) is 3.09. The van der Waals surface area contributed by atoms with Crippen LogP contribution in [-0.2, 0) is 4.79 Å². The minimum atomic E-state index is -2.62. The van der Waals surface area contributed by atoms with Crippen molar-refractivity contribution in [3.63, 3.8) is 0 Å². The molecule has 0 fully saturated rings. The lowest BCUT2D eigenvalue weighted by molar-refractivity contribution is -0.105. The fourth-order valence-electron chi connectivity index (χ4n) is 0.586.